The van der Waals surface area contributed by atoms with Crippen LogP contribution >= 0.6 is 0 Å². The van der Waals surface area contributed by atoms with Gasteiger partial charge in [0.25, 0.3) is 0 Å². The van der Waals surface area contributed by atoms with E-state index in [1.165, 1.54) is 0 Å². The Balaban J connectivity index is 2.15. The molecule has 0 aromatic carbocycles. The molecule has 1 saturated carbocycles. The number of rotatable bonds is 4. The molecule has 2 rings (SSSR count). The van der Waals surface area contributed by atoms with Gasteiger partial charge in [-0.15, -0.1) is 0 Å². The fourth-order valence-corrected chi connectivity index (χ4v) is 2.79. The van der Waals surface area contributed by atoms with E-state index >= 15 is 0 Å². The van der Waals surface area contributed by atoms with Gasteiger partial charge in [0.1, 0.15) is 5.76 Å². The standard InChI is InChI=1S/C13H20O4/c1-16-8-17-12-4-2-3-11(15)13(12)9-5-6-10(14)7-9/h9-10,14H,2-8H2,1H3/t9-,10+/m0/s1. The number of methoxy groups -OCH3 is 1. The van der Waals surface area contributed by atoms with Crippen molar-refractivity contribution in [3.63, 3.8) is 0 Å². The maximum absolute atomic E-state index is 12.0. The Morgan fingerprint density at radius 1 is 1.35 bits per heavy atom. The molecule has 2 aliphatic carbocycles. The van der Waals surface area contributed by atoms with Crippen molar-refractivity contribution in [2.24, 2.45) is 5.92 Å². The topological polar surface area (TPSA) is 55.8 Å². The zero-order valence-electron chi connectivity index (χ0n) is 10.3. The molecule has 0 unspecified atom stereocenters. The predicted octanol–water partition coefficient (Wildman–Crippen LogP) is 1.77. The second-order valence-corrected chi connectivity index (χ2v) is 4.83. The highest BCUT2D eigenvalue weighted by atomic mass is 16.7. The Morgan fingerprint density at radius 2 is 2.18 bits per heavy atom. The van der Waals surface area contributed by atoms with Crippen molar-refractivity contribution >= 4 is 5.78 Å². The molecule has 2 aliphatic rings. The first-order chi connectivity index (χ1) is 8.22. The summed E-state index contributed by atoms with van der Waals surface area (Å²) in [5.74, 6) is 1.17. The van der Waals surface area contributed by atoms with Gasteiger partial charge in [-0.25, -0.2) is 0 Å². The van der Waals surface area contributed by atoms with Gasteiger partial charge in [0, 0.05) is 25.5 Å². The van der Waals surface area contributed by atoms with Gasteiger partial charge < -0.3 is 14.6 Å². The van der Waals surface area contributed by atoms with E-state index in [1.54, 1.807) is 7.11 Å². The molecule has 96 valence electrons. The van der Waals surface area contributed by atoms with Crippen LogP contribution in [-0.2, 0) is 14.3 Å². The van der Waals surface area contributed by atoms with Crippen molar-refractivity contribution in [2.45, 2.75) is 44.6 Å². The van der Waals surface area contributed by atoms with Crippen LogP contribution in [0.15, 0.2) is 11.3 Å². The van der Waals surface area contributed by atoms with E-state index in [2.05, 4.69) is 0 Å². The number of ketones is 1. The summed E-state index contributed by atoms with van der Waals surface area (Å²) in [4.78, 5) is 12.0. The summed E-state index contributed by atoms with van der Waals surface area (Å²) in [6.45, 7) is 0.196. The first-order valence-electron chi connectivity index (χ1n) is 6.28. The lowest BCUT2D eigenvalue weighted by Crippen LogP contribution is -2.20. The van der Waals surface area contributed by atoms with Crippen LogP contribution in [0, 0.1) is 5.92 Å². The molecule has 0 aliphatic heterocycles. The first kappa shape index (κ1) is 12.6. The van der Waals surface area contributed by atoms with Crippen LogP contribution in [0.1, 0.15) is 38.5 Å². The van der Waals surface area contributed by atoms with Gasteiger partial charge in [-0.2, -0.15) is 0 Å². The second kappa shape index (κ2) is 5.65. The molecule has 0 bridgehead atoms. The fraction of sp³-hybridized carbons (Fsp3) is 0.769. The molecule has 0 aromatic rings. The number of aliphatic hydroxyl groups excluding tert-OH is 1. The lowest BCUT2D eigenvalue weighted by molar-refractivity contribution is -0.117. The molecule has 0 aromatic heterocycles. The third kappa shape index (κ3) is 2.87. The van der Waals surface area contributed by atoms with E-state index in [9.17, 15) is 9.90 Å². The Bertz CT molecular complexity index is 321. The molecule has 0 saturated heterocycles. The Labute approximate surface area is 102 Å². The van der Waals surface area contributed by atoms with E-state index in [-0.39, 0.29) is 24.6 Å². The number of allylic oxidation sites excluding steroid dienone is 2. The lowest BCUT2D eigenvalue weighted by Gasteiger charge is -2.23. The highest BCUT2D eigenvalue weighted by Crippen LogP contribution is 2.37. The maximum atomic E-state index is 12.0. The number of carbonyl (C=O) groups excluding carboxylic acids is 1. The van der Waals surface area contributed by atoms with Gasteiger partial charge in [-0.1, -0.05) is 0 Å². The summed E-state index contributed by atoms with van der Waals surface area (Å²) >= 11 is 0. The van der Waals surface area contributed by atoms with Gasteiger partial charge in [0.2, 0.25) is 0 Å². The van der Waals surface area contributed by atoms with E-state index < -0.39 is 0 Å². The quantitative estimate of drug-likeness (QED) is 0.761. The van der Waals surface area contributed by atoms with Crippen molar-refractivity contribution in [1.82, 2.24) is 0 Å². The van der Waals surface area contributed by atoms with Crippen molar-refractivity contribution in [3.05, 3.63) is 11.3 Å². The van der Waals surface area contributed by atoms with Crippen LogP contribution < -0.4 is 0 Å². The third-order valence-electron chi connectivity index (χ3n) is 3.57. The summed E-state index contributed by atoms with van der Waals surface area (Å²) in [5, 5.41) is 9.58. The summed E-state index contributed by atoms with van der Waals surface area (Å²) in [6.07, 6.45) is 4.41. The molecular formula is C13H20O4. The molecule has 0 amide bonds. The minimum atomic E-state index is -0.258. The van der Waals surface area contributed by atoms with Crippen molar-refractivity contribution in [2.75, 3.05) is 13.9 Å². The predicted molar refractivity (Wildman–Crippen MR) is 62.2 cm³/mol. The highest BCUT2D eigenvalue weighted by molar-refractivity contribution is 5.97. The maximum Gasteiger partial charge on any atom is 0.188 e. The number of ether oxygens (including phenoxy) is 2. The number of aliphatic hydroxyl groups is 1. The lowest BCUT2D eigenvalue weighted by atomic mass is 9.86. The SMILES string of the molecule is COCOC1=C([C@H]2CC[C@@H](O)C2)C(=O)CCC1. The van der Waals surface area contributed by atoms with E-state index in [1.807, 2.05) is 0 Å². The summed E-state index contributed by atoms with van der Waals surface area (Å²) in [7, 11) is 1.57. The summed E-state index contributed by atoms with van der Waals surface area (Å²) in [5.41, 5.74) is 0.824. The fourth-order valence-electron chi connectivity index (χ4n) is 2.79. The number of hydrogen-bond acceptors (Lipinski definition) is 4. The van der Waals surface area contributed by atoms with Crippen LogP contribution in [0.5, 0.6) is 0 Å². The van der Waals surface area contributed by atoms with Crippen molar-refractivity contribution in [3.8, 4) is 0 Å². The van der Waals surface area contributed by atoms with Crippen LogP contribution in [0.2, 0.25) is 0 Å². The summed E-state index contributed by atoms with van der Waals surface area (Å²) < 4.78 is 10.4. The molecule has 1 N–H and O–H groups in total. The molecule has 0 heterocycles. The van der Waals surface area contributed by atoms with Gasteiger partial charge >= 0.3 is 0 Å². The second-order valence-electron chi connectivity index (χ2n) is 4.83. The molecular weight excluding hydrogens is 220 g/mol. The molecule has 17 heavy (non-hydrogen) atoms. The van der Waals surface area contributed by atoms with Gasteiger partial charge in [-0.05, 0) is 31.6 Å². The van der Waals surface area contributed by atoms with Gasteiger partial charge in [0.05, 0.1) is 6.10 Å². The highest BCUT2D eigenvalue weighted by Gasteiger charge is 2.33. The normalized spacial score (nSPS) is 29.9. The zero-order chi connectivity index (χ0) is 12.3. The van der Waals surface area contributed by atoms with Crippen LogP contribution in [-0.4, -0.2) is 30.9 Å². The number of Topliss-reactive ketones (excluding diaryl/α,β-unsaturated/α-hetero) is 1. The zero-order valence-corrected chi connectivity index (χ0v) is 10.3. The summed E-state index contributed by atoms with van der Waals surface area (Å²) in [6, 6.07) is 0. The van der Waals surface area contributed by atoms with Crippen molar-refractivity contribution < 1.29 is 19.4 Å². The molecule has 0 spiro atoms. The monoisotopic (exact) mass is 240 g/mol. The van der Waals surface area contributed by atoms with Gasteiger partial charge in [-0.3, -0.25) is 4.79 Å². The van der Waals surface area contributed by atoms with E-state index in [4.69, 9.17) is 9.47 Å². The van der Waals surface area contributed by atoms with Crippen molar-refractivity contribution in [1.29, 1.82) is 0 Å². The molecule has 2 atom stereocenters. The Morgan fingerprint density at radius 3 is 2.82 bits per heavy atom. The first-order valence-corrected chi connectivity index (χ1v) is 6.28. The molecule has 1 fully saturated rings. The molecule has 0 radical (unpaired) electrons. The number of carbonyl (C=O) groups is 1. The smallest absolute Gasteiger partial charge is 0.188 e. The Hall–Kier alpha value is -0.870. The minimum absolute atomic E-state index is 0.185. The van der Waals surface area contributed by atoms with E-state index in [0.717, 1.165) is 37.0 Å². The molecule has 4 heteroatoms. The average Bonchev–Trinajstić information content (AvgIpc) is 2.73. The van der Waals surface area contributed by atoms with Gasteiger partial charge in [0.15, 0.2) is 12.6 Å². The largest absolute Gasteiger partial charge is 0.471 e. The van der Waals surface area contributed by atoms with Crippen LogP contribution in [0.4, 0.5) is 0 Å². The minimum Gasteiger partial charge on any atom is -0.471 e. The average molecular weight is 240 g/mol. The van der Waals surface area contributed by atoms with Crippen LogP contribution in [0.3, 0.4) is 0 Å². The van der Waals surface area contributed by atoms with E-state index in [0.29, 0.717) is 12.8 Å². The third-order valence-corrected chi connectivity index (χ3v) is 3.57. The van der Waals surface area contributed by atoms with Crippen LogP contribution in [0.25, 0.3) is 0 Å². The number of hydrogen-bond donors (Lipinski definition) is 1. The Kier molecular flexibility index (Phi) is 4.18. The molecule has 4 nitrogen and oxygen atoms in total.